The fourth-order valence-corrected chi connectivity index (χ4v) is 5.96. The third kappa shape index (κ3) is 6.71. The van der Waals surface area contributed by atoms with Crippen LogP contribution in [-0.4, -0.2) is 45.3 Å². The van der Waals surface area contributed by atoms with Crippen LogP contribution >= 0.6 is 11.3 Å². The summed E-state index contributed by atoms with van der Waals surface area (Å²) in [5, 5.41) is 24.6. The van der Waals surface area contributed by atoms with Crippen LogP contribution < -0.4 is 5.73 Å². The standard InChI is InChI=1S/C28H42N2O5S/c1-15-7-8-22(16(2)10-20-14-36-24(13-29)30-20)35-25(32)12-23(31)28(5,6)27(34)18(4)26(33)17(3)21-11-19(21)9-15/h7,10,14,17-19,21-23,26,31,33H,8-9,11-13,29H2,1-6H3/t17-,18+,19?,21?,22-,23-,26-/m0/s1. The highest BCUT2D eigenvalue weighted by molar-refractivity contribution is 7.09. The third-order valence-electron chi connectivity index (χ3n) is 8.11. The number of fused-ring (bicyclic) bond motifs is 1. The van der Waals surface area contributed by atoms with Gasteiger partial charge in [0.05, 0.1) is 29.7 Å². The number of ketones is 1. The van der Waals surface area contributed by atoms with Crippen LogP contribution in [-0.2, 0) is 20.9 Å². The third-order valence-corrected chi connectivity index (χ3v) is 9.00. The second-order valence-electron chi connectivity index (χ2n) is 11.3. The summed E-state index contributed by atoms with van der Waals surface area (Å²) in [6.07, 6.45) is 3.66. The monoisotopic (exact) mass is 518 g/mol. The Morgan fingerprint density at radius 1 is 1.28 bits per heavy atom. The molecule has 2 aliphatic rings. The molecule has 200 valence electrons. The summed E-state index contributed by atoms with van der Waals surface area (Å²) in [6.45, 7) is 11.4. The number of nitrogens with zero attached hydrogens (tertiary/aromatic N) is 1. The van der Waals surface area contributed by atoms with E-state index in [9.17, 15) is 19.8 Å². The lowest BCUT2D eigenvalue weighted by Crippen LogP contribution is -2.46. The quantitative estimate of drug-likeness (QED) is 0.403. The lowest BCUT2D eigenvalue weighted by Gasteiger charge is -2.34. The van der Waals surface area contributed by atoms with Crippen LogP contribution in [0.2, 0.25) is 0 Å². The van der Waals surface area contributed by atoms with Crippen molar-refractivity contribution < 1.29 is 24.5 Å². The van der Waals surface area contributed by atoms with E-state index in [0.29, 0.717) is 24.8 Å². The molecule has 0 radical (unpaired) electrons. The molecule has 1 saturated carbocycles. The van der Waals surface area contributed by atoms with Crippen LogP contribution in [0.1, 0.15) is 77.9 Å². The lowest BCUT2D eigenvalue weighted by molar-refractivity contribution is -0.154. The van der Waals surface area contributed by atoms with Crippen molar-refractivity contribution in [2.75, 3.05) is 0 Å². The first-order valence-electron chi connectivity index (χ1n) is 12.9. The molecule has 1 aliphatic heterocycles. The largest absolute Gasteiger partial charge is 0.457 e. The van der Waals surface area contributed by atoms with Gasteiger partial charge in [-0.15, -0.1) is 11.3 Å². The smallest absolute Gasteiger partial charge is 0.309 e. The molecule has 3 rings (SSSR count). The number of aromatic nitrogens is 1. The predicted octanol–water partition coefficient (Wildman–Crippen LogP) is 4.27. The Balaban J connectivity index is 1.88. The van der Waals surface area contributed by atoms with E-state index in [1.165, 1.54) is 16.9 Å². The van der Waals surface area contributed by atoms with Crippen molar-refractivity contribution in [1.29, 1.82) is 0 Å². The molecule has 4 N–H and O–H groups in total. The number of carbonyl (C=O) groups excluding carboxylic acids is 2. The van der Waals surface area contributed by atoms with E-state index < -0.39 is 35.6 Å². The van der Waals surface area contributed by atoms with Gasteiger partial charge in [-0.2, -0.15) is 0 Å². The molecule has 0 saturated heterocycles. The molecule has 0 aromatic carbocycles. The number of allylic oxidation sites excluding steroid dienone is 1. The minimum absolute atomic E-state index is 0.0120. The summed E-state index contributed by atoms with van der Waals surface area (Å²) in [4.78, 5) is 30.7. The van der Waals surface area contributed by atoms with Crippen molar-refractivity contribution in [2.45, 2.75) is 92.1 Å². The number of thiazole rings is 1. The number of Topliss-reactive ketones (excluding diaryl/α,β-unsaturated/α-hetero) is 1. The van der Waals surface area contributed by atoms with Gasteiger partial charge in [0.2, 0.25) is 0 Å². The van der Waals surface area contributed by atoms with Crippen molar-refractivity contribution in [1.82, 2.24) is 4.98 Å². The van der Waals surface area contributed by atoms with Gasteiger partial charge in [-0.05, 0) is 56.1 Å². The Hall–Kier alpha value is -1.87. The molecule has 1 aliphatic carbocycles. The average molecular weight is 519 g/mol. The number of aliphatic hydroxyl groups is 2. The van der Waals surface area contributed by atoms with E-state index in [1.807, 2.05) is 25.3 Å². The number of aliphatic hydroxyl groups excluding tert-OH is 2. The number of hydrogen-bond donors (Lipinski definition) is 3. The topological polar surface area (TPSA) is 123 Å². The Kier molecular flexibility index (Phi) is 9.30. The molecule has 0 amide bonds. The maximum Gasteiger partial charge on any atom is 0.309 e. The molecule has 0 spiro atoms. The van der Waals surface area contributed by atoms with Gasteiger partial charge >= 0.3 is 5.97 Å². The number of ether oxygens (including phenoxy) is 1. The van der Waals surface area contributed by atoms with Gasteiger partial charge in [0.15, 0.2) is 0 Å². The number of nitrogens with two attached hydrogens (primary N) is 1. The molecule has 36 heavy (non-hydrogen) atoms. The predicted molar refractivity (Wildman–Crippen MR) is 142 cm³/mol. The molecular weight excluding hydrogens is 476 g/mol. The van der Waals surface area contributed by atoms with Crippen molar-refractivity contribution in [3.05, 3.63) is 33.3 Å². The van der Waals surface area contributed by atoms with E-state index in [2.05, 4.69) is 18.0 Å². The van der Waals surface area contributed by atoms with Crippen LogP contribution in [0, 0.1) is 29.1 Å². The lowest BCUT2D eigenvalue weighted by atomic mass is 9.72. The molecule has 1 fully saturated rings. The molecular formula is C28H42N2O5S. The van der Waals surface area contributed by atoms with E-state index in [4.69, 9.17) is 10.5 Å². The summed E-state index contributed by atoms with van der Waals surface area (Å²) >= 11 is 1.49. The summed E-state index contributed by atoms with van der Waals surface area (Å²) in [7, 11) is 0. The highest BCUT2D eigenvalue weighted by atomic mass is 32.1. The summed E-state index contributed by atoms with van der Waals surface area (Å²) < 4.78 is 5.85. The van der Waals surface area contributed by atoms with Crippen LogP contribution in [0.3, 0.4) is 0 Å². The molecule has 2 unspecified atom stereocenters. The SMILES string of the molecule is CC1=CC[C@@H](C(C)=Cc2csc(CN)n2)OC(=O)C[C@H](O)C(C)(C)C(=O)[C@H](C)[C@@H](O)[C@@H](C)C2CC2C1. The van der Waals surface area contributed by atoms with Crippen molar-refractivity contribution in [3.63, 3.8) is 0 Å². The molecule has 7 nitrogen and oxygen atoms in total. The van der Waals surface area contributed by atoms with Gasteiger partial charge in [0, 0.05) is 24.3 Å². The van der Waals surface area contributed by atoms with Gasteiger partial charge < -0.3 is 20.7 Å². The van der Waals surface area contributed by atoms with E-state index >= 15 is 0 Å². The molecule has 0 bridgehead atoms. The summed E-state index contributed by atoms with van der Waals surface area (Å²) in [6, 6.07) is 0. The zero-order valence-corrected chi connectivity index (χ0v) is 23.2. The van der Waals surface area contributed by atoms with E-state index in [1.54, 1.807) is 20.8 Å². The first-order valence-corrected chi connectivity index (χ1v) is 13.8. The molecule has 2 heterocycles. The number of rotatable bonds is 3. The Labute approximate surface area is 218 Å². The zero-order valence-electron chi connectivity index (χ0n) is 22.4. The van der Waals surface area contributed by atoms with Crippen molar-refractivity contribution in [2.24, 2.45) is 34.8 Å². The Bertz CT molecular complexity index is 1010. The first-order chi connectivity index (χ1) is 16.8. The maximum atomic E-state index is 13.3. The highest BCUT2D eigenvalue weighted by Gasteiger charge is 2.47. The number of cyclic esters (lactones) is 1. The molecule has 7 atom stereocenters. The van der Waals surface area contributed by atoms with Crippen LogP contribution in [0.25, 0.3) is 6.08 Å². The number of hydrogen-bond acceptors (Lipinski definition) is 8. The summed E-state index contributed by atoms with van der Waals surface area (Å²) in [5.74, 6) is -0.611. The van der Waals surface area contributed by atoms with Crippen LogP contribution in [0.5, 0.6) is 0 Å². The van der Waals surface area contributed by atoms with E-state index in [-0.39, 0.29) is 18.1 Å². The van der Waals surface area contributed by atoms with Gasteiger partial charge in [-0.3, -0.25) is 9.59 Å². The Morgan fingerprint density at radius 3 is 2.61 bits per heavy atom. The van der Waals surface area contributed by atoms with Gasteiger partial charge in [0.1, 0.15) is 16.9 Å². The number of carbonyl (C=O) groups is 2. The average Bonchev–Trinajstić information content (AvgIpc) is 3.44. The number of esters is 1. The molecule has 8 heteroatoms. The normalized spacial score (nSPS) is 34.5. The van der Waals surface area contributed by atoms with Crippen LogP contribution in [0.4, 0.5) is 0 Å². The van der Waals surface area contributed by atoms with Gasteiger partial charge in [-0.1, -0.05) is 39.3 Å². The minimum atomic E-state index is -1.23. The highest BCUT2D eigenvalue weighted by Crippen LogP contribution is 2.50. The molecule has 1 aromatic heterocycles. The van der Waals surface area contributed by atoms with Crippen molar-refractivity contribution >= 4 is 29.2 Å². The second kappa shape index (κ2) is 11.7. The Morgan fingerprint density at radius 2 is 1.97 bits per heavy atom. The maximum absolute atomic E-state index is 13.3. The van der Waals surface area contributed by atoms with E-state index in [0.717, 1.165) is 29.1 Å². The van der Waals surface area contributed by atoms with Gasteiger partial charge in [-0.25, -0.2) is 4.98 Å². The fraction of sp³-hybridized carbons (Fsp3) is 0.679. The van der Waals surface area contributed by atoms with Gasteiger partial charge in [0.25, 0.3) is 0 Å². The fourth-order valence-electron chi connectivity index (χ4n) is 5.33. The van der Waals surface area contributed by atoms with Crippen molar-refractivity contribution in [3.8, 4) is 0 Å². The second-order valence-corrected chi connectivity index (χ2v) is 12.3. The summed E-state index contributed by atoms with van der Waals surface area (Å²) in [5.41, 5.74) is 7.33. The molecule has 1 aromatic rings. The minimum Gasteiger partial charge on any atom is -0.457 e. The zero-order chi connectivity index (χ0) is 26.8. The van der Waals surface area contributed by atoms with Crippen LogP contribution in [0.15, 0.2) is 22.6 Å². The first kappa shape index (κ1) is 28.7.